The summed E-state index contributed by atoms with van der Waals surface area (Å²) in [5.41, 5.74) is 2.64. The van der Waals surface area contributed by atoms with Crippen LogP contribution in [0.3, 0.4) is 0 Å². The van der Waals surface area contributed by atoms with Crippen molar-refractivity contribution in [3.8, 4) is 0 Å². The lowest BCUT2D eigenvalue weighted by molar-refractivity contribution is -0.137. The van der Waals surface area contributed by atoms with Crippen LogP contribution in [0.15, 0.2) is 18.2 Å². The lowest BCUT2D eigenvalue weighted by Gasteiger charge is -2.35. The first-order chi connectivity index (χ1) is 9.00. The quantitative estimate of drug-likeness (QED) is 0.909. The summed E-state index contributed by atoms with van der Waals surface area (Å²) in [5.74, 6) is -0.907. The van der Waals surface area contributed by atoms with E-state index in [0.29, 0.717) is 6.42 Å². The van der Waals surface area contributed by atoms with Gasteiger partial charge < -0.3 is 9.84 Å². The number of carboxylic acids is 1. The summed E-state index contributed by atoms with van der Waals surface area (Å²) >= 11 is 0. The monoisotopic (exact) mass is 263 g/mol. The Hall–Kier alpha value is -2.04. The van der Waals surface area contributed by atoms with Gasteiger partial charge in [0.1, 0.15) is 0 Å². The molecule has 1 unspecified atom stereocenters. The molecule has 0 bridgehead atoms. The van der Waals surface area contributed by atoms with Crippen molar-refractivity contribution in [1.29, 1.82) is 0 Å². The Bertz CT molecular complexity index is 492. The first-order valence-electron chi connectivity index (χ1n) is 6.24. The van der Waals surface area contributed by atoms with E-state index in [1.54, 1.807) is 0 Å². The van der Waals surface area contributed by atoms with E-state index in [1.807, 2.05) is 32.0 Å². The molecular weight excluding hydrogens is 246 g/mol. The molecule has 1 amide bonds. The zero-order chi connectivity index (χ0) is 14.0. The molecule has 5 heteroatoms. The average Bonchev–Trinajstić information content (AvgIpc) is 2.31. The highest BCUT2D eigenvalue weighted by molar-refractivity contribution is 5.91. The second-order valence-electron chi connectivity index (χ2n) is 4.77. The van der Waals surface area contributed by atoms with Crippen LogP contribution in [-0.2, 0) is 9.53 Å². The molecule has 1 aromatic carbocycles. The third-order valence-corrected chi connectivity index (χ3v) is 3.33. The Morgan fingerprint density at radius 2 is 2.05 bits per heavy atom. The molecule has 0 radical (unpaired) electrons. The maximum absolute atomic E-state index is 12.0. The number of carbonyl (C=O) groups excluding carboxylic acids is 1. The van der Waals surface area contributed by atoms with Gasteiger partial charge in [0, 0.05) is 6.42 Å². The lowest BCUT2D eigenvalue weighted by atomic mass is 10.0. The zero-order valence-electron chi connectivity index (χ0n) is 11.0. The van der Waals surface area contributed by atoms with Crippen LogP contribution in [-0.4, -0.2) is 29.8 Å². The Kier molecular flexibility index (Phi) is 3.74. The van der Waals surface area contributed by atoms with E-state index < -0.39 is 12.1 Å². The average molecular weight is 263 g/mol. The second-order valence-corrected chi connectivity index (χ2v) is 4.77. The van der Waals surface area contributed by atoms with Gasteiger partial charge in [0.2, 0.25) is 0 Å². The van der Waals surface area contributed by atoms with E-state index in [1.165, 1.54) is 4.90 Å². The zero-order valence-corrected chi connectivity index (χ0v) is 11.0. The van der Waals surface area contributed by atoms with Gasteiger partial charge in [-0.2, -0.15) is 0 Å². The number of anilines is 1. The molecule has 0 spiro atoms. The van der Waals surface area contributed by atoms with Crippen LogP contribution in [0.25, 0.3) is 0 Å². The van der Waals surface area contributed by atoms with E-state index in [2.05, 4.69) is 0 Å². The molecule has 0 aliphatic carbocycles. The van der Waals surface area contributed by atoms with Gasteiger partial charge in [-0.15, -0.1) is 0 Å². The Morgan fingerprint density at radius 3 is 2.63 bits per heavy atom. The molecule has 2 rings (SSSR count). The summed E-state index contributed by atoms with van der Waals surface area (Å²) in [6.45, 7) is 4.09. The Labute approximate surface area is 111 Å². The summed E-state index contributed by atoms with van der Waals surface area (Å²) in [6.07, 6.45) is 0.00390. The number of aliphatic carboxylic acids is 1. The fraction of sp³-hybridized carbons (Fsp3) is 0.429. The van der Waals surface area contributed by atoms with E-state index in [4.69, 9.17) is 9.84 Å². The standard InChI is InChI=1S/C14H17NO4/c1-9-4-3-5-10(2)13(9)15-11(8-12(16)17)6-7-19-14(15)18/h3-5,11H,6-8H2,1-2H3,(H,16,17). The van der Waals surface area contributed by atoms with E-state index >= 15 is 0 Å². The number of ether oxygens (including phenoxy) is 1. The lowest BCUT2D eigenvalue weighted by Crippen LogP contribution is -2.47. The topological polar surface area (TPSA) is 66.8 Å². The number of hydrogen-bond acceptors (Lipinski definition) is 3. The maximum atomic E-state index is 12.0. The van der Waals surface area contributed by atoms with Crippen molar-refractivity contribution in [3.63, 3.8) is 0 Å². The number of hydrogen-bond donors (Lipinski definition) is 1. The molecule has 1 aliphatic heterocycles. The van der Waals surface area contributed by atoms with Crippen molar-refractivity contribution in [2.45, 2.75) is 32.7 Å². The van der Waals surface area contributed by atoms with Crippen LogP contribution in [0.4, 0.5) is 10.5 Å². The molecule has 1 N–H and O–H groups in total. The molecule has 1 atom stereocenters. The van der Waals surface area contributed by atoms with E-state index in [0.717, 1.165) is 16.8 Å². The van der Waals surface area contributed by atoms with Crippen molar-refractivity contribution in [2.75, 3.05) is 11.5 Å². The minimum absolute atomic E-state index is 0.0666. The summed E-state index contributed by atoms with van der Waals surface area (Å²) in [5, 5.41) is 8.98. The van der Waals surface area contributed by atoms with Crippen molar-refractivity contribution >= 4 is 17.7 Å². The van der Waals surface area contributed by atoms with Gasteiger partial charge in [0.15, 0.2) is 0 Å². The van der Waals surface area contributed by atoms with E-state index in [-0.39, 0.29) is 19.1 Å². The molecular formula is C14H17NO4. The van der Waals surface area contributed by atoms with Crippen LogP contribution in [0.5, 0.6) is 0 Å². The number of amides is 1. The van der Waals surface area contributed by atoms with Crippen LogP contribution in [0.2, 0.25) is 0 Å². The molecule has 19 heavy (non-hydrogen) atoms. The first kappa shape index (κ1) is 13.4. The molecule has 1 heterocycles. The summed E-state index contributed by atoms with van der Waals surface area (Å²) in [6, 6.07) is 5.37. The second kappa shape index (κ2) is 5.30. The number of rotatable bonds is 3. The molecule has 5 nitrogen and oxygen atoms in total. The molecule has 1 aromatic rings. The van der Waals surface area contributed by atoms with Gasteiger partial charge in [-0.25, -0.2) is 4.79 Å². The predicted octanol–water partition coefficient (Wildman–Crippen LogP) is 2.49. The van der Waals surface area contributed by atoms with Crippen molar-refractivity contribution in [2.24, 2.45) is 0 Å². The summed E-state index contributed by atoms with van der Waals surface area (Å²) in [7, 11) is 0. The van der Waals surface area contributed by atoms with E-state index in [9.17, 15) is 9.59 Å². The minimum Gasteiger partial charge on any atom is -0.481 e. The highest BCUT2D eigenvalue weighted by Crippen LogP contribution is 2.31. The number of aryl methyl sites for hydroxylation is 2. The smallest absolute Gasteiger partial charge is 0.414 e. The molecule has 102 valence electrons. The van der Waals surface area contributed by atoms with Gasteiger partial charge in [0.05, 0.1) is 24.8 Å². The molecule has 0 aromatic heterocycles. The fourth-order valence-electron chi connectivity index (χ4n) is 2.48. The van der Waals surface area contributed by atoms with Crippen LogP contribution >= 0.6 is 0 Å². The Morgan fingerprint density at radius 1 is 1.42 bits per heavy atom. The predicted molar refractivity (Wildman–Crippen MR) is 70.4 cm³/mol. The summed E-state index contributed by atoms with van der Waals surface area (Å²) in [4.78, 5) is 24.4. The normalized spacial score (nSPS) is 19.2. The van der Waals surface area contributed by atoms with Crippen molar-refractivity contribution in [3.05, 3.63) is 29.3 Å². The van der Waals surface area contributed by atoms with Gasteiger partial charge in [-0.3, -0.25) is 9.69 Å². The number of para-hydroxylation sites is 1. The maximum Gasteiger partial charge on any atom is 0.414 e. The van der Waals surface area contributed by atoms with Gasteiger partial charge in [0.25, 0.3) is 0 Å². The van der Waals surface area contributed by atoms with Crippen LogP contribution in [0.1, 0.15) is 24.0 Å². The minimum atomic E-state index is -0.907. The largest absolute Gasteiger partial charge is 0.481 e. The molecule has 1 saturated heterocycles. The number of carbonyl (C=O) groups is 2. The van der Waals surface area contributed by atoms with Crippen molar-refractivity contribution < 1.29 is 19.4 Å². The number of benzene rings is 1. The number of nitrogens with zero attached hydrogens (tertiary/aromatic N) is 1. The van der Waals surface area contributed by atoms with Crippen molar-refractivity contribution in [1.82, 2.24) is 0 Å². The molecule has 1 fully saturated rings. The highest BCUT2D eigenvalue weighted by atomic mass is 16.6. The van der Waals surface area contributed by atoms with Gasteiger partial charge in [-0.05, 0) is 25.0 Å². The SMILES string of the molecule is Cc1cccc(C)c1N1C(=O)OCCC1CC(=O)O. The summed E-state index contributed by atoms with van der Waals surface area (Å²) < 4.78 is 5.06. The fourth-order valence-corrected chi connectivity index (χ4v) is 2.48. The van der Waals surface area contributed by atoms with Crippen LogP contribution < -0.4 is 4.90 Å². The molecule has 1 aliphatic rings. The molecule has 0 saturated carbocycles. The van der Waals surface area contributed by atoms with Crippen LogP contribution in [0, 0.1) is 13.8 Å². The van der Waals surface area contributed by atoms with Gasteiger partial charge >= 0.3 is 12.1 Å². The third-order valence-electron chi connectivity index (χ3n) is 3.33. The number of carboxylic acid groups (broad SMARTS) is 1. The van der Waals surface area contributed by atoms with Gasteiger partial charge in [-0.1, -0.05) is 18.2 Å². The number of cyclic esters (lactones) is 1. The highest BCUT2D eigenvalue weighted by Gasteiger charge is 2.33. The third kappa shape index (κ3) is 2.70. The first-order valence-corrected chi connectivity index (χ1v) is 6.24. The Balaban J connectivity index is 2.42.